The largest absolute Gasteiger partial charge is 1.00 e. The van der Waals surface area contributed by atoms with Gasteiger partial charge in [-0.2, -0.15) is 4.98 Å². The van der Waals surface area contributed by atoms with Gasteiger partial charge in [-0.3, -0.25) is 9.78 Å². The second-order valence-electron chi connectivity index (χ2n) is 5.49. The third kappa shape index (κ3) is 3.94. The van der Waals surface area contributed by atoms with Crippen LogP contribution in [0.15, 0.2) is 41.3 Å². The number of nitrogen functional groups attached to an aromatic ring is 1. The Morgan fingerprint density at radius 1 is 1.29 bits per heavy atom. The molecule has 7 nitrogen and oxygen atoms in total. The van der Waals surface area contributed by atoms with Gasteiger partial charge in [0.05, 0.1) is 18.0 Å². The van der Waals surface area contributed by atoms with Gasteiger partial charge in [0.2, 0.25) is 5.95 Å². The molecule has 0 bridgehead atoms. The minimum Gasteiger partial charge on any atom is -1.00 e. The summed E-state index contributed by atoms with van der Waals surface area (Å²) in [6, 6.07) is 9.59. The molecule has 128 valence electrons. The molecular formula is C16H20ClN5O2. The summed E-state index contributed by atoms with van der Waals surface area (Å²) in [6.45, 7) is 1.39. The normalized spacial score (nSPS) is 12.0. The number of fused-ring (bicyclic) bond motifs is 1. The lowest BCUT2D eigenvalue weighted by Gasteiger charge is -2.09. The zero-order chi connectivity index (χ0) is 16.2. The summed E-state index contributed by atoms with van der Waals surface area (Å²) in [4.78, 5) is 21.5. The first-order valence-corrected chi connectivity index (χ1v) is 7.55. The van der Waals surface area contributed by atoms with Crippen molar-refractivity contribution in [3.05, 3.63) is 58.0 Å². The topological polar surface area (TPSA) is 124 Å². The fourth-order valence-corrected chi connectivity index (χ4v) is 2.66. The van der Waals surface area contributed by atoms with Gasteiger partial charge in [-0.25, -0.2) is 0 Å². The number of H-pyrrole nitrogens is 2. The van der Waals surface area contributed by atoms with Gasteiger partial charge in [0.1, 0.15) is 12.2 Å². The molecule has 8 heteroatoms. The van der Waals surface area contributed by atoms with Gasteiger partial charge in [-0.05, 0) is 5.56 Å². The van der Waals surface area contributed by atoms with Gasteiger partial charge in [0, 0.05) is 18.2 Å². The fourth-order valence-electron chi connectivity index (χ4n) is 2.66. The van der Waals surface area contributed by atoms with Crippen molar-refractivity contribution in [2.75, 3.05) is 12.3 Å². The summed E-state index contributed by atoms with van der Waals surface area (Å²) in [5.74, 6) is 0.103. The third-order valence-corrected chi connectivity index (χ3v) is 3.83. The Morgan fingerprint density at radius 2 is 2.04 bits per heavy atom. The first-order valence-electron chi connectivity index (χ1n) is 7.55. The number of nitrogens with zero attached hydrogens (tertiary/aromatic N) is 1. The average molecular weight is 350 g/mol. The highest BCUT2D eigenvalue weighted by atomic mass is 35.5. The van der Waals surface area contributed by atoms with Gasteiger partial charge in [0.25, 0.3) is 5.56 Å². The van der Waals surface area contributed by atoms with E-state index in [4.69, 9.17) is 5.73 Å². The molecule has 2 heterocycles. The maximum atomic E-state index is 12.0. The lowest BCUT2D eigenvalue weighted by atomic mass is 10.1. The van der Waals surface area contributed by atoms with E-state index in [0.29, 0.717) is 24.0 Å². The number of aliphatic hydroxyl groups excluding tert-OH is 1. The zero-order valence-electron chi connectivity index (χ0n) is 13.0. The smallest absolute Gasteiger partial charge is 0.262 e. The molecular weight excluding hydrogens is 330 g/mol. The number of hydrogen-bond donors (Lipinski definition) is 5. The molecule has 0 spiro atoms. The van der Waals surface area contributed by atoms with Crippen LogP contribution in [0.2, 0.25) is 0 Å². The van der Waals surface area contributed by atoms with E-state index in [1.807, 2.05) is 30.3 Å². The lowest BCUT2D eigenvalue weighted by molar-refractivity contribution is -0.671. The number of benzene rings is 1. The second kappa shape index (κ2) is 7.96. The van der Waals surface area contributed by atoms with E-state index < -0.39 is 6.10 Å². The molecule has 0 saturated carbocycles. The van der Waals surface area contributed by atoms with Crippen molar-refractivity contribution < 1.29 is 22.8 Å². The highest BCUT2D eigenvalue weighted by Gasteiger charge is 2.12. The fraction of sp³-hybridized carbons (Fsp3) is 0.250. The van der Waals surface area contributed by atoms with E-state index in [2.05, 4.69) is 20.3 Å². The van der Waals surface area contributed by atoms with Gasteiger partial charge >= 0.3 is 0 Å². The molecule has 1 unspecified atom stereocenters. The van der Waals surface area contributed by atoms with Crippen molar-refractivity contribution in [2.24, 2.45) is 0 Å². The van der Waals surface area contributed by atoms with E-state index in [1.165, 1.54) is 0 Å². The van der Waals surface area contributed by atoms with Gasteiger partial charge < -0.3 is 33.5 Å². The number of aliphatic hydroxyl groups is 1. The number of nitrogens with one attached hydrogen (secondary N) is 2. The van der Waals surface area contributed by atoms with Crippen molar-refractivity contribution in [1.29, 1.82) is 0 Å². The van der Waals surface area contributed by atoms with Crippen LogP contribution in [0, 0.1) is 0 Å². The number of aromatic amines is 2. The SMILES string of the molecule is Nc1nc2[nH]cc(C[NH2+]CCC(O)c3ccccc3)c2c(=O)[nH]1.[Cl-]. The maximum Gasteiger partial charge on any atom is 0.262 e. The number of aromatic nitrogens is 3. The minimum atomic E-state index is -0.472. The van der Waals surface area contributed by atoms with Gasteiger partial charge in [0.15, 0.2) is 0 Å². The van der Waals surface area contributed by atoms with Crippen LogP contribution in [0.4, 0.5) is 5.95 Å². The molecule has 3 aromatic rings. The highest BCUT2D eigenvalue weighted by Crippen LogP contribution is 2.14. The van der Waals surface area contributed by atoms with Crippen molar-refractivity contribution in [2.45, 2.75) is 19.1 Å². The van der Waals surface area contributed by atoms with Crippen molar-refractivity contribution in [3.8, 4) is 0 Å². The molecule has 3 rings (SSSR count). The van der Waals surface area contributed by atoms with Crippen molar-refractivity contribution in [3.63, 3.8) is 0 Å². The van der Waals surface area contributed by atoms with Crippen LogP contribution in [-0.4, -0.2) is 26.6 Å². The Kier molecular flexibility index (Phi) is 5.97. The van der Waals surface area contributed by atoms with E-state index in [-0.39, 0.29) is 23.9 Å². The molecule has 24 heavy (non-hydrogen) atoms. The van der Waals surface area contributed by atoms with Crippen molar-refractivity contribution >= 4 is 17.0 Å². The predicted octanol–water partition coefficient (Wildman–Crippen LogP) is -2.98. The van der Waals surface area contributed by atoms with Crippen LogP contribution in [0.3, 0.4) is 0 Å². The summed E-state index contributed by atoms with van der Waals surface area (Å²) < 4.78 is 0. The van der Waals surface area contributed by atoms with E-state index in [1.54, 1.807) is 6.20 Å². The van der Waals surface area contributed by atoms with Gasteiger partial charge in [-0.1, -0.05) is 30.3 Å². The Balaban J connectivity index is 0.00000208. The van der Waals surface area contributed by atoms with E-state index >= 15 is 0 Å². The number of halogens is 1. The second-order valence-corrected chi connectivity index (χ2v) is 5.49. The number of nitrogens with two attached hydrogens (primary N) is 2. The maximum absolute atomic E-state index is 12.0. The van der Waals surface area contributed by atoms with Crippen LogP contribution >= 0.6 is 0 Å². The predicted molar refractivity (Wildman–Crippen MR) is 87.6 cm³/mol. The molecule has 0 fully saturated rings. The number of anilines is 1. The average Bonchev–Trinajstić information content (AvgIpc) is 2.95. The van der Waals surface area contributed by atoms with Gasteiger partial charge in [-0.15, -0.1) is 0 Å². The third-order valence-electron chi connectivity index (χ3n) is 3.83. The molecule has 0 aliphatic carbocycles. The number of hydrogen-bond acceptors (Lipinski definition) is 4. The Morgan fingerprint density at radius 3 is 2.79 bits per heavy atom. The molecule has 0 aliphatic rings. The lowest BCUT2D eigenvalue weighted by Crippen LogP contribution is -3.00. The summed E-state index contributed by atoms with van der Waals surface area (Å²) in [5.41, 5.74) is 7.58. The zero-order valence-corrected chi connectivity index (χ0v) is 13.8. The first-order chi connectivity index (χ1) is 11.1. The minimum absolute atomic E-state index is 0. The molecule has 1 atom stereocenters. The molecule has 7 N–H and O–H groups in total. The molecule has 0 amide bonds. The molecule has 0 aliphatic heterocycles. The first kappa shape index (κ1) is 18.0. The number of rotatable bonds is 6. The Labute approximate surface area is 144 Å². The van der Waals surface area contributed by atoms with Crippen LogP contribution in [0.1, 0.15) is 23.7 Å². The summed E-state index contributed by atoms with van der Waals surface area (Å²) in [6.07, 6.45) is 1.95. The monoisotopic (exact) mass is 349 g/mol. The summed E-state index contributed by atoms with van der Waals surface area (Å²) in [7, 11) is 0. The highest BCUT2D eigenvalue weighted by molar-refractivity contribution is 5.79. The van der Waals surface area contributed by atoms with Crippen LogP contribution in [0.25, 0.3) is 11.0 Å². The standard InChI is InChI=1S/C16H19N5O2.ClH/c17-16-20-14-13(15(23)21-16)11(9-19-14)8-18-7-6-12(22)10-4-2-1-3-5-10;/h1-5,9,12,18,22H,6-8H2,(H4,17,19,20,21,23);1H. The Hall–Kier alpha value is -2.35. The van der Waals surface area contributed by atoms with E-state index in [9.17, 15) is 9.90 Å². The molecule has 2 aromatic heterocycles. The molecule has 0 radical (unpaired) electrons. The summed E-state index contributed by atoms with van der Waals surface area (Å²) in [5, 5.41) is 12.7. The number of quaternary nitrogens is 1. The van der Waals surface area contributed by atoms with Crippen LogP contribution in [0.5, 0.6) is 0 Å². The van der Waals surface area contributed by atoms with Crippen LogP contribution in [-0.2, 0) is 6.54 Å². The quantitative estimate of drug-likeness (QED) is 0.305. The van der Waals surface area contributed by atoms with E-state index in [0.717, 1.165) is 17.7 Å². The van der Waals surface area contributed by atoms with Crippen LogP contribution < -0.4 is 29.0 Å². The Bertz CT molecular complexity index is 847. The molecule has 0 saturated heterocycles. The summed E-state index contributed by atoms with van der Waals surface area (Å²) >= 11 is 0. The van der Waals surface area contributed by atoms with Crippen molar-refractivity contribution in [1.82, 2.24) is 15.0 Å². The molecule has 1 aromatic carbocycles.